The van der Waals surface area contributed by atoms with E-state index >= 15 is 0 Å². The van der Waals surface area contributed by atoms with E-state index in [0.29, 0.717) is 6.42 Å². The highest BCUT2D eigenvalue weighted by Crippen LogP contribution is 2.27. The van der Waals surface area contributed by atoms with Gasteiger partial charge in [-0.25, -0.2) is 4.79 Å². The number of amides is 1. The second-order valence-corrected chi connectivity index (χ2v) is 5.38. The average Bonchev–Trinajstić information content (AvgIpc) is 2.61. The van der Waals surface area contributed by atoms with Gasteiger partial charge in [0, 0.05) is 19.4 Å². The number of carbonyl (C=O) groups is 2. The van der Waals surface area contributed by atoms with Gasteiger partial charge in [-0.05, 0) is 30.2 Å². The van der Waals surface area contributed by atoms with Crippen molar-refractivity contribution >= 4 is 11.9 Å². The van der Waals surface area contributed by atoms with Crippen molar-refractivity contribution in [2.75, 3.05) is 14.2 Å². The molecule has 6 nitrogen and oxygen atoms in total. The first-order valence-corrected chi connectivity index (χ1v) is 7.57. The summed E-state index contributed by atoms with van der Waals surface area (Å²) < 4.78 is 5.24. The monoisotopic (exact) mass is 328 g/mol. The number of carboxylic acid groups (broad SMARTS) is 1. The highest BCUT2D eigenvalue weighted by atomic mass is 16.5. The normalized spacial score (nSPS) is 11.6. The maximum atomic E-state index is 12.7. The second kappa shape index (κ2) is 7.59. The van der Waals surface area contributed by atoms with Gasteiger partial charge in [0.1, 0.15) is 5.75 Å². The number of carbonyl (C=O) groups excluding carboxylic acids is 1. The van der Waals surface area contributed by atoms with Gasteiger partial charge in [0.15, 0.2) is 0 Å². The molecule has 1 aromatic carbocycles. The number of rotatable bonds is 6. The third-order valence-electron chi connectivity index (χ3n) is 3.89. The van der Waals surface area contributed by atoms with Crippen LogP contribution in [0.3, 0.4) is 0 Å². The predicted octanol–water partition coefficient (Wildman–Crippen LogP) is 3.01. The fourth-order valence-corrected chi connectivity index (χ4v) is 2.60. The SMILES string of the molecule is CCC(c1cccc(OC)c1)N(C)C(=O)c1cncc(C(=O)O)c1. The first-order chi connectivity index (χ1) is 11.5. The Morgan fingerprint density at radius 2 is 1.96 bits per heavy atom. The smallest absolute Gasteiger partial charge is 0.337 e. The van der Waals surface area contributed by atoms with Gasteiger partial charge in [-0.3, -0.25) is 9.78 Å². The third kappa shape index (κ3) is 3.71. The number of ether oxygens (including phenoxy) is 1. The maximum absolute atomic E-state index is 12.7. The number of hydrogen-bond donors (Lipinski definition) is 1. The molecular formula is C18H20N2O4. The first-order valence-electron chi connectivity index (χ1n) is 7.57. The Morgan fingerprint density at radius 1 is 1.25 bits per heavy atom. The molecule has 1 heterocycles. The van der Waals surface area contributed by atoms with E-state index in [1.807, 2.05) is 31.2 Å². The summed E-state index contributed by atoms with van der Waals surface area (Å²) >= 11 is 0. The summed E-state index contributed by atoms with van der Waals surface area (Å²) in [5.74, 6) is -0.666. The first kappa shape index (κ1) is 17.5. The molecule has 0 saturated carbocycles. The second-order valence-electron chi connectivity index (χ2n) is 5.38. The lowest BCUT2D eigenvalue weighted by molar-refractivity contribution is 0.0696. The molecule has 1 unspecified atom stereocenters. The van der Waals surface area contributed by atoms with E-state index < -0.39 is 5.97 Å². The minimum Gasteiger partial charge on any atom is -0.497 e. The molecule has 1 atom stereocenters. The zero-order valence-corrected chi connectivity index (χ0v) is 13.9. The lowest BCUT2D eigenvalue weighted by Crippen LogP contribution is -2.31. The molecule has 0 fully saturated rings. The molecule has 6 heteroatoms. The van der Waals surface area contributed by atoms with Crippen LogP contribution in [0.2, 0.25) is 0 Å². The van der Waals surface area contributed by atoms with Crippen LogP contribution < -0.4 is 4.74 Å². The van der Waals surface area contributed by atoms with E-state index in [2.05, 4.69) is 4.98 Å². The summed E-state index contributed by atoms with van der Waals surface area (Å²) in [4.78, 5) is 29.2. The Hall–Kier alpha value is -2.89. The minimum atomic E-state index is -1.11. The van der Waals surface area contributed by atoms with Crippen LogP contribution in [-0.4, -0.2) is 41.0 Å². The van der Waals surface area contributed by atoms with Crippen molar-refractivity contribution in [3.63, 3.8) is 0 Å². The summed E-state index contributed by atoms with van der Waals surface area (Å²) in [6.07, 6.45) is 3.31. The molecule has 1 N–H and O–H groups in total. The van der Waals surface area contributed by atoms with Gasteiger partial charge in [-0.15, -0.1) is 0 Å². The molecule has 126 valence electrons. The summed E-state index contributed by atoms with van der Waals surface area (Å²) in [5.41, 5.74) is 1.19. The zero-order valence-electron chi connectivity index (χ0n) is 13.9. The highest BCUT2D eigenvalue weighted by molar-refractivity contribution is 5.97. The Morgan fingerprint density at radius 3 is 2.58 bits per heavy atom. The summed E-state index contributed by atoms with van der Waals surface area (Å²) in [7, 11) is 3.29. The fraction of sp³-hybridized carbons (Fsp3) is 0.278. The van der Waals surface area contributed by atoms with Crippen molar-refractivity contribution in [3.8, 4) is 5.75 Å². The van der Waals surface area contributed by atoms with Crippen molar-refractivity contribution in [1.82, 2.24) is 9.88 Å². The van der Waals surface area contributed by atoms with Gasteiger partial charge >= 0.3 is 5.97 Å². The van der Waals surface area contributed by atoms with Crippen LogP contribution in [0.4, 0.5) is 0 Å². The average molecular weight is 328 g/mol. The molecule has 0 bridgehead atoms. The van der Waals surface area contributed by atoms with Crippen LogP contribution in [-0.2, 0) is 0 Å². The molecule has 0 saturated heterocycles. The quantitative estimate of drug-likeness (QED) is 0.881. The Balaban J connectivity index is 2.30. The number of benzene rings is 1. The predicted molar refractivity (Wildman–Crippen MR) is 89.3 cm³/mol. The number of nitrogens with zero attached hydrogens (tertiary/aromatic N) is 2. The number of carboxylic acids is 1. The van der Waals surface area contributed by atoms with Crippen molar-refractivity contribution in [2.24, 2.45) is 0 Å². The zero-order chi connectivity index (χ0) is 17.7. The van der Waals surface area contributed by atoms with E-state index in [0.717, 1.165) is 11.3 Å². The molecule has 1 aromatic heterocycles. The molecule has 0 aliphatic carbocycles. The lowest BCUT2D eigenvalue weighted by Gasteiger charge is -2.28. The van der Waals surface area contributed by atoms with E-state index in [1.165, 1.54) is 18.5 Å². The molecule has 0 spiro atoms. The van der Waals surface area contributed by atoms with Crippen LogP contribution in [0, 0.1) is 0 Å². The van der Waals surface area contributed by atoms with Gasteiger partial charge in [-0.1, -0.05) is 19.1 Å². The summed E-state index contributed by atoms with van der Waals surface area (Å²) in [6, 6.07) is 8.74. The molecule has 1 amide bonds. The van der Waals surface area contributed by atoms with Crippen molar-refractivity contribution in [3.05, 3.63) is 59.4 Å². The third-order valence-corrected chi connectivity index (χ3v) is 3.89. The minimum absolute atomic E-state index is 0.0105. The summed E-state index contributed by atoms with van der Waals surface area (Å²) in [5, 5.41) is 9.04. The topological polar surface area (TPSA) is 79.7 Å². The van der Waals surface area contributed by atoms with Crippen molar-refractivity contribution in [2.45, 2.75) is 19.4 Å². The van der Waals surface area contributed by atoms with Gasteiger partial charge in [0.2, 0.25) is 0 Å². The van der Waals surface area contributed by atoms with Gasteiger partial charge < -0.3 is 14.7 Å². The molecule has 0 radical (unpaired) electrons. The number of hydrogen-bond acceptors (Lipinski definition) is 4. The number of methoxy groups -OCH3 is 1. The molecule has 0 aliphatic heterocycles. The van der Waals surface area contributed by atoms with Gasteiger partial charge in [0.25, 0.3) is 5.91 Å². The Bertz CT molecular complexity index is 745. The standard InChI is InChI=1S/C18H20N2O4/c1-4-16(12-6-5-7-15(9-12)24-3)20(2)17(21)13-8-14(18(22)23)11-19-10-13/h5-11,16H,4H2,1-3H3,(H,22,23). The van der Waals surface area contributed by atoms with E-state index in [4.69, 9.17) is 9.84 Å². The highest BCUT2D eigenvalue weighted by Gasteiger charge is 2.22. The van der Waals surface area contributed by atoms with E-state index in [-0.39, 0.29) is 23.1 Å². The fourth-order valence-electron chi connectivity index (χ4n) is 2.60. The lowest BCUT2D eigenvalue weighted by atomic mass is 10.0. The van der Waals surface area contributed by atoms with Crippen molar-refractivity contribution < 1.29 is 19.4 Å². The van der Waals surface area contributed by atoms with Crippen molar-refractivity contribution in [1.29, 1.82) is 0 Å². The molecule has 24 heavy (non-hydrogen) atoms. The summed E-state index contributed by atoms with van der Waals surface area (Å²) in [6.45, 7) is 1.99. The van der Waals surface area contributed by atoms with Gasteiger partial charge in [0.05, 0.1) is 24.3 Å². The van der Waals surface area contributed by atoms with E-state index in [9.17, 15) is 9.59 Å². The van der Waals surface area contributed by atoms with Crippen LogP contribution in [0.1, 0.15) is 45.7 Å². The van der Waals surface area contributed by atoms with Crippen LogP contribution in [0.5, 0.6) is 5.75 Å². The van der Waals surface area contributed by atoms with Crippen LogP contribution in [0.25, 0.3) is 0 Å². The Labute approximate surface area is 140 Å². The maximum Gasteiger partial charge on any atom is 0.337 e. The molecule has 0 aliphatic rings. The largest absolute Gasteiger partial charge is 0.497 e. The number of aromatic carboxylic acids is 1. The van der Waals surface area contributed by atoms with Crippen LogP contribution >= 0.6 is 0 Å². The van der Waals surface area contributed by atoms with Gasteiger partial charge in [-0.2, -0.15) is 0 Å². The van der Waals surface area contributed by atoms with E-state index in [1.54, 1.807) is 19.1 Å². The molecule has 2 aromatic rings. The number of aromatic nitrogens is 1. The molecule has 2 rings (SSSR count). The Kier molecular flexibility index (Phi) is 5.52. The molecular weight excluding hydrogens is 308 g/mol. The van der Waals surface area contributed by atoms with Crippen LogP contribution in [0.15, 0.2) is 42.7 Å². The number of pyridine rings is 1.